The van der Waals surface area contributed by atoms with Crippen molar-refractivity contribution >= 4 is 17.8 Å². The van der Waals surface area contributed by atoms with Gasteiger partial charge in [-0.05, 0) is 11.6 Å². The maximum Gasteiger partial charge on any atom is 0.416 e. The van der Waals surface area contributed by atoms with Gasteiger partial charge in [-0.2, -0.15) is 13.2 Å². The minimum Gasteiger partial charge on any atom is -0.378 e. The first kappa shape index (κ1) is 23.8. The van der Waals surface area contributed by atoms with Crippen LogP contribution in [0.2, 0.25) is 0 Å². The Morgan fingerprint density at radius 2 is 1.91 bits per heavy atom. The summed E-state index contributed by atoms with van der Waals surface area (Å²) in [5.41, 5.74) is -0.710. The van der Waals surface area contributed by atoms with Crippen LogP contribution in [-0.4, -0.2) is 78.5 Å². The number of ether oxygens (including phenoxy) is 1. The molecule has 0 saturated carbocycles. The number of nitrogens with one attached hydrogen (secondary N) is 1. The molecule has 0 radical (unpaired) electrons. The van der Waals surface area contributed by atoms with Crippen LogP contribution in [0.4, 0.5) is 18.0 Å². The van der Waals surface area contributed by atoms with Gasteiger partial charge >= 0.3 is 12.2 Å². The third-order valence-electron chi connectivity index (χ3n) is 6.14. The van der Waals surface area contributed by atoms with Crippen molar-refractivity contribution in [2.75, 3.05) is 45.9 Å². The number of halogens is 3. The summed E-state index contributed by atoms with van der Waals surface area (Å²) >= 11 is 0. The van der Waals surface area contributed by atoms with Crippen molar-refractivity contribution in [2.45, 2.75) is 18.6 Å². The number of nitrogens with zero attached hydrogens (tertiary/aromatic N) is 3. The number of benzene rings is 1. The average molecular weight is 478 g/mol. The van der Waals surface area contributed by atoms with Gasteiger partial charge in [0.05, 0.1) is 42.6 Å². The topological polar surface area (TPSA) is 82.2 Å². The Hall–Kier alpha value is -3.34. The van der Waals surface area contributed by atoms with E-state index in [-0.39, 0.29) is 43.1 Å². The fourth-order valence-electron chi connectivity index (χ4n) is 4.49. The summed E-state index contributed by atoms with van der Waals surface area (Å²) in [6.07, 6.45) is -3.12. The molecule has 8 nitrogen and oxygen atoms in total. The molecule has 3 aliphatic rings. The molecule has 3 aliphatic heterocycles. The van der Waals surface area contributed by atoms with Crippen molar-refractivity contribution in [1.82, 2.24) is 20.0 Å². The van der Waals surface area contributed by atoms with Gasteiger partial charge in [-0.1, -0.05) is 24.3 Å². The monoisotopic (exact) mass is 478 g/mol. The highest BCUT2D eigenvalue weighted by Crippen LogP contribution is 2.41. The van der Waals surface area contributed by atoms with Crippen molar-refractivity contribution in [3.8, 4) is 0 Å². The Kier molecular flexibility index (Phi) is 6.65. The molecule has 11 heteroatoms. The molecule has 1 saturated heterocycles. The molecule has 182 valence electrons. The summed E-state index contributed by atoms with van der Waals surface area (Å²) in [7, 11) is 0. The normalized spacial score (nSPS) is 21.0. The van der Waals surface area contributed by atoms with Crippen molar-refractivity contribution in [3.05, 3.63) is 59.3 Å². The zero-order chi connectivity index (χ0) is 24.5. The SMILES string of the molecule is C=CCN1C(=O)N[C@@H](c2ccccc2C(F)(F)F)C2=C1CN(CCC(=O)N1CCOCC1)C2=O. The van der Waals surface area contributed by atoms with Crippen LogP contribution in [0.25, 0.3) is 0 Å². The number of amides is 4. The largest absolute Gasteiger partial charge is 0.416 e. The molecule has 0 spiro atoms. The molecular weight excluding hydrogens is 453 g/mol. The third kappa shape index (κ3) is 4.52. The second-order valence-corrected chi connectivity index (χ2v) is 8.20. The van der Waals surface area contributed by atoms with Gasteiger partial charge in [-0.3, -0.25) is 14.5 Å². The van der Waals surface area contributed by atoms with Gasteiger partial charge in [0.15, 0.2) is 0 Å². The number of alkyl halides is 3. The van der Waals surface area contributed by atoms with Crippen LogP contribution in [0.3, 0.4) is 0 Å². The number of morpholine rings is 1. The van der Waals surface area contributed by atoms with Crippen LogP contribution in [0.15, 0.2) is 48.2 Å². The van der Waals surface area contributed by atoms with Gasteiger partial charge in [-0.15, -0.1) is 6.58 Å². The highest BCUT2D eigenvalue weighted by atomic mass is 19.4. The van der Waals surface area contributed by atoms with Crippen LogP contribution < -0.4 is 5.32 Å². The Morgan fingerprint density at radius 3 is 2.59 bits per heavy atom. The molecule has 0 bridgehead atoms. The highest BCUT2D eigenvalue weighted by Gasteiger charge is 2.46. The number of carbonyl (C=O) groups excluding carboxylic acids is 3. The first-order valence-electron chi connectivity index (χ1n) is 10.9. The number of carbonyl (C=O) groups is 3. The second-order valence-electron chi connectivity index (χ2n) is 8.20. The summed E-state index contributed by atoms with van der Waals surface area (Å²) in [5.74, 6) is -0.627. The number of hydrogen-bond donors (Lipinski definition) is 1. The van der Waals surface area contributed by atoms with Gasteiger partial charge in [0.1, 0.15) is 0 Å². The van der Waals surface area contributed by atoms with Crippen molar-refractivity contribution < 1.29 is 32.3 Å². The van der Waals surface area contributed by atoms with E-state index in [0.29, 0.717) is 32.0 Å². The van der Waals surface area contributed by atoms with Gasteiger partial charge in [0.2, 0.25) is 5.91 Å². The smallest absolute Gasteiger partial charge is 0.378 e. The van der Waals surface area contributed by atoms with E-state index in [1.165, 1.54) is 34.1 Å². The Morgan fingerprint density at radius 1 is 1.21 bits per heavy atom. The van der Waals surface area contributed by atoms with Crippen LogP contribution in [0.1, 0.15) is 23.6 Å². The molecule has 0 aliphatic carbocycles. The van der Waals surface area contributed by atoms with E-state index in [1.807, 2.05) is 0 Å². The zero-order valence-electron chi connectivity index (χ0n) is 18.4. The average Bonchev–Trinajstić information content (AvgIpc) is 3.15. The van der Waals surface area contributed by atoms with E-state index in [9.17, 15) is 27.6 Å². The summed E-state index contributed by atoms with van der Waals surface area (Å²) in [6, 6.07) is 3.02. The molecule has 34 heavy (non-hydrogen) atoms. The molecule has 0 aromatic heterocycles. The molecule has 1 fully saturated rings. The zero-order valence-corrected chi connectivity index (χ0v) is 18.4. The van der Waals surface area contributed by atoms with E-state index in [2.05, 4.69) is 11.9 Å². The molecule has 1 aromatic rings. The molecule has 3 heterocycles. The van der Waals surface area contributed by atoms with E-state index < -0.39 is 29.7 Å². The molecule has 4 amide bonds. The summed E-state index contributed by atoms with van der Waals surface area (Å²) in [4.78, 5) is 43.1. The highest BCUT2D eigenvalue weighted by molar-refractivity contribution is 6.01. The minimum absolute atomic E-state index is 0.0243. The number of rotatable bonds is 6. The Balaban J connectivity index is 1.62. The van der Waals surface area contributed by atoms with Crippen LogP contribution in [0, 0.1) is 0 Å². The van der Waals surface area contributed by atoms with Crippen LogP contribution in [-0.2, 0) is 20.5 Å². The third-order valence-corrected chi connectivity index (χ3v) is 6.14. The molecule has 1 atom stereocenters. The van der Waals surface area contributed by atoms with Gasteiger partial charge in [-0.25, -0.2) is 4.79 Å². The van der Waals surface area contributed by atoms with E-state index in [1.54, 1.807) is 4.90 Å². The standard InChI is InChI=1S/C23H25F3N4O4/c1-2-8-30-17-14-29(9-7-18(31)28-10-12-34-13-11-28)21(32)19(17)20(27-22(30)33)15-5-3-4-6-16(15)23(24,25)26/h2-6,20H,1,7-14H2,(H,27,33)/t20-/m0/s1. The van der Waals surface area contributed by atoms with Crippen molar-refractivity contribution in [1.29, 1.82) is 0 Å². The fourth-order valence-corrected chi connectivity index (χ4v) is 4.49. The number of urea groups is 1. The maximum absolute atomic E-state index is 13.7. The molecule has 0 unspecified atom stereocenters. The van der Waals surface area contributed by atoms with Crippen LogP contribution >= 0.6 is 0 Å². The second kappa shape index (κ2) is 9.49. The van der Waals surface area contributed by atoms with Gasteiger partial charge in [0.25, 0.3) is 5.91 Å². The lowest BCUT2D eigenvalue weighted by Gasteiger charge is -2.33. The molecule has 1 aromatic carbocycles. The van der Waals surface area contributed by atoms with Gasteiger partial charge < -0.3 is 19.9 Å². The summed E-state index contributed by atoms with van der Waals surface area (Å²) < 4.78 is 46.4. The molecule has 4 rings (SSSR count). The van der Waals surface area contributed by atoms with E-state index in [0.717, 1.165) is 6.07 Å². The van der Waals surface area contributed by atoms with Crippen molar-refractivity contribution in [2.24, 2.45) is 0 Å². The van der Waals surface area contributed by atoms with Crippen LogP contribution in [0.5, 0.6) is 0 Å². The van der Waals surface area contributed by atoms with E-state index >= 15 is 0 Å². The molecule has 1 N–H and O–H groups in total. The Labute approximate surface area is 194 Å². The summed E-state index contributed by atoms with van der Waals surface area (Å²) in [6.45, 7) is 5.68. The summed E-state index contributed by atoms with van der Waals surface area (Å²) in [5, 5.41) is 2.56. The Bertz CT molecular complexity index is 1030. The quantitative estimate of drug-likeness (QED) is 0.637. The number of hydrogen-bond acceptors (Lipinski definition) is 4. The predicted molar refractivity (Wildman–Crippen MR) is 115 cm³/mol. The van der Waals surface area contributed by atoms with E-state index in [4.69, 9.17) is 4.74 Å². The lowest BCUT2D eigenvalue weighted by molar-refractivity contribution is -0.139. The maximum atomic E-state index is 13.7. The first-order chi connectivity index (χ1) is 16.2. The van der Waals surface area contributed by atoms with Gasteiger partial charge in [0, 0.05) is 32.6 Å². The lowest BCUT2D eigenvalue weighted by Crippen LogP contribution is -2.47. The predicted octanol–water partition coefficient (Wildman–Crippen LogP) is 2.30. The fraction of sp³-hybridized carbons (Fsp3) is 0.435. The lowest BCUT2D eigenvalue weighted by atomic mass is 9.91. The minimum atomic E-state index is -4.66. The first-order valence-corrected chi connectivity index (χ1v) is 10.9. The van der Waals surface area contributed by atoms with Crippen molar-refractivity contribution in [3.63, 3.8) is 0 Å². The molecular formula is C23H25F3N4O4.